The summed E-state index contributed by atoms with van der Waals surface area (Å²) in [5.74, 6) is 0.762. The van der Waals surface area contributed by atoms with E-state index in [1.807, 2.05) is 31.2 Å². The number of hydrogen-bond donors (Lipinski definition) is 2. The van der Waals surface area contributed by atoms with Crippen LogP contribution in [0.4, 0.5) is 5.69 Å². The van der Waals surface area contributed by atoms with Gasteiger partial charge in [-0.1, -0.05) is 13.3 Å². The minimum atomic E-state index is -0.0577. The molecule has 0 aromatic heterocycles. The van der Waals surface area contributed by atoms with E-state index in [1.165, 1.54) is 0 Å². The first-order chi connectivity index (χ1) is 8.65. The number of rotatable bonds is 7. The van der Waals surface area contributed by atoms with Gasteiger partial charge in [-0.25, -0.2) is 0 Å². The van der Waals surface area contributed by atoms with Crippen molar-refractivity contribution in [1.29, 1.82) is 0 Å². The molecule has 0 saturated heterocycles. The van der Waals surface area contributed by atoms with Crippen LogP contribution in [0.5, 0.6) is 5.75 Å². The predicted octanol–water partition coefficient (Wildman–Crippen LogP) is 2.54. The maximum Gasteiger partial charge on any atom is 0.225 e. The zero-order valence-electron chi connectivity index (χ0n) is 11.1. The van der Waals surface area contributed by atoms with Gasteiger partial charge in [-0.05, 0) is 37.6 Å². The van der Waals surface area contributed by atoms with Crippen LogP contribution in [0.3, 0.4) is 0 Å². The summed E-state index contributed by atoms with van der Waals surface area (Å²) in [6.45, 7) is 4.63. The zero-order valence-corrected chi connectivity index (χ0v) is 11.1. The first kappa shape index (κ1) is 14.5. The smallest absolute Gasteiger partial charge is 0.225 e. The Balaban J connectivity index is 2.44. The monoisotopic (exact) mass is 250 g/mol. The summed E-state index contributed by atoms with van der Waals surface area (Å²) in [7, 11) is 0. The van der Waals surface area contributed by atoms with Gasteiger partial charge in [0.15, 0.2) is 0 Å². The highest BCUT2D eigenvalue weighted by atomic mass is 16.5. The Morgan fingerprint density at radius 1 is 1.33 bits per heavy atom. The lowest BCUT2D eigenvalue weighted by Crippen LogP contribution is -2.26. The fraction of sp³-hybridized carbons (Fsp3) is 0.500. The van der Waals surface area contributed by atoms with Gasteiger partial charge in [-0.2, -0.15) is 0 Å². The molecule has 0 fully saturated rings. The molecule has 4 nitrogen and oxygen atoms in total. The third-order valence-corrected chi connectivity index (χ3v) is 2.56. The number of nitrogens with two attached hydrogens (primary N) is 1. The Morgan fingerprint density at radius 3 is 2.56 bits per heavy atom. The molecule has 0 aliphatic heterocycles. The summed E-state index contributed by atoms with van der Waals surface area (Å²) < 4.78 is 5.33. The second kappa shape index (κ2) is 7.71. The standard InChI is InChI=1S/C14H22N2O2/c1-3-5-11(15)10-14(17)16-12-6-8-13(9-7-12)18-4-2/h6-9,11H,3-5,10,15H2,1-2H3,(H,16,17). The van der Waals surface area contributed by atoms with Crippen LogP contribution in [0.15, 0.2) is 24.3 Å². The molecule has 3 N–H and O–H groups in total. The van der Waals surface area contributed by atoms with Gasteiger partial charge < -0.3 is 15.8 Å². The predicted molar refractivity (Wildman–Crippen MR) is 73.7 cm³/mol. The molecule has 1 rings (SSSR count). The minimum Gasteiger partial charge on any atom is -0.494 e. The van der Waals surface area contributed by atoms with E-state index in [0.717, 1.165) is 24.3 Å². The van der Waals surface area contributed by atoms with Crippen LogP contribution in [-0.4, -0.2) is 18.6 Å². The average molecular weight is 250 g/mol. The third-order valence-electron chi connectivity index (χ3n) is 2.56. The molecule has 0 spiro atoms. The Labute approximate surface area is 109 Å². The zero-order chi connectivity index (χ0) is 13.4. The van der Waals surface area contributed by atoms with Crippen molar-refractivity contribution in [2.24, 2.45) is 5.73 Å². The fourth-order valence-electron chi connectivity index (χ4n) is 1.72. The quantitative estimate of drug-likeness (QED) is 0.781. The lowest BCUT2D eigenvalue weighted by molar-refractivity contribution is -0.116. The lowest BCUT2D eigenvalue weighted by atomic mass is 10.1. The Hall–Kier alpha value is -1.55. The molecule has 0 saturated carbocycles. The number of amides is 1. The Morgan fingerprint density at radius 2 is 2.00 bits per heavy atom. The van der Waals surface area contributed by atoms with Crippen LogP contribution in [0.1, 0.15) is 33.1 Å². The molecule has 1 unspecified atom stereocenters. The Kier molecular flexibility index (Phi) is 6.22. The van der Waals surface area contributed by atoms with Crippen molar-refractivity contribution in [3.8, 4) is 5.75 Å². The first-order valence-electron chi connectivity index (χ1n) is 6.44. The van der Waals surface area contributed by atoms with Crippen molar-refractivity contribution in [2.45, 2.75) is 39.2 Å². The van der Waals surface area contributed by atoms with E-state index >= 15 is 0 Å². The number of hydrogen-bond acceptors (Lipinski definition) is 3. The van der Waals surface area contributed by atoms with Crippen LogP contribution in [0, 0.1) is 0 Å². The molecule has 4 heteroatoms. The van der Waals surface area contributed by atoms with Crippen LogP contribution in [-0.2, 0) is 4.79 Å². The summed E-state index contributed by atoms with van der Waals surface area (Å²) in [6.07, 6.45) is 2.23. The molecule has 0 aliphatic rings. The van der Waals surface area contributed by atoms with Crippen molar-refractivity contribution in [2.75, 3.05) is 11.9 Å². The summed E-state index contributed by atoms with van der Waals surface area (Å²) in [6, 6.07) is 7.27. The van der Waals surface area contributed by atoms with Crippen molar-refractivity contribution in [3.63, 3.8) is 0 Å². The maximum absolute atomic E-state index is 11.7. The number of anilines is 1. The van der Waals surface area contributed by atoms with Crippen molar-refractivity contribution in [3.05, 3.63) is 24.3 Å². The van der Waals surface area contributed by atoms with Crippen molar-refractivity contribution >= 4 is 11.6 Å². The van der Waals surface area contributed by atoms with Gasteiger partial charge in [0, 0.05) is 18.2 Å². The van der Waals surface area contributed by atoms with Gasteiger partial charge in [0.2, 0.25) is 5.91 Å². The highest BCUT2D eigenvalue weighted by Gasteiger charge is 2.08. The van der Waals surface area contributed by atoms with E-state index in [2.05, 4.69) is 12.2 Å². The van der Waals surface area contributed by atoms with E-state index in [9.17, 15) is 4.79 Å². The second-order valence-electron chi connectivity index (χ2n) is 4.26. The SMILES string of the molecule is CCCC(N)CC(=O)Nc1ccc(OCC)cc1. The first-order valence-corrected chi connectivity index (χ1v) is 6.44. The number of nitrogens with one attached hydrogen (secondary N) is 1. The van der Waals surface area contributed by atoms with Gasteiger partial charge in [-0.3, -0.25) is 4.79 Å². The number of carbonyl (C=O) groups excluding carboxylic acids is 1. The third kappa shape index (κ3) is 5.19. The summed E-state index contributed by atoms with van der Waals surface area (Å²) in [5, 5.41) is 2.83. The van der Waals surface area contributed by atoms with Crippen molar-refractivity contribution in [1.82, 2.24) is 0 Å². The van der Waals surface area contributed by atoms with E-state index < -0.39 is 0 Å². The van der Waals surface area contributed by atoms with E-state index in [0.29, 0.717) is 13.0 Å². The molecule has 100 valence electrons. The number of carbonyl (C=O) groups is 1. The molecule has 0 heterocycles. The summed E-state index contributed by atoms with van der Waals surface area (Å²) in [5.41, 5.74) is 6.59. The summed E-state index contributed by atoms with van der Waals surface area (Å²) >= 11 is 0. The van der Waals surface area contributed by atoms with Gasteiger partial charge in [0.1, 0.15) is 5.75 Å². The molecule has 0 bridgehead atoms. The molecular weight excluding hydrogens is 228 g/mol. The molecule has 0 radical (unpaired) electrons. The molecule has 1 atom stereocenters. The van der Waals surface area contributed by atoms with Gasteiger partial charge in [-0.15, -0.1) is 0 Å². The summed E-state index contributed by atoms with van der Waals surface area (Å²) in [4.78, 5) is 11.7. The highest BCUT2D eigenvalue weighted by molar-refractivity contribution is 5.91. The molecule has 18 heavy (non-hydrogen) atoms. The molecule has 1 amide bonds. The van der Waals surface area contributed by atoms with E-state index in [-0.39, 0.29) is 11.9 Å². The van der Waals surface area contributed by atoms with Crippen molar-refractivity contribution < 1.29 is 9.53 Å². The minimum absolute atomic E-state index is 0.0416. The Bertz CT molecular complexity index is 363. The molecule has 0 aliphatic carbocycles. The van der Waals surface area contributed by atoms with Crippen LogP contribution >= 0.6 is 0 Å². The maximum atomic E-state index is 11.7. The second-order valence-corrected chi connectivity index (χ2v) is 4.26. The fourth-order valence-corrected chi connectivity index (χ4v) is 1.72. The van der Waals surface area contributed by atoms with Gasteiger partial charge in [0.05, 0.1) is 6.61 Å². The topological polar surface area (TPSA) is 64.4 Å². The molecule has 1 aromatic carbocycles. The highest BCUT2D eigenvalue weighted by Crippen LogP contribution is 2.15. The van der Waals surface area contributed by atoms with Crippen LogP contribution in [0.2, 0.25) is 0 Å². The normalized spacial score (nSPS) is 11.9. The van der Waals surface area contributed by atoms with Gasteiger partial charge >= 0.3 is 0 Å². The largest absolute Gasteiger partial charge is 0.494 e. The van der Waals surface area contributed by atoms with E-state index in [1.54, 1.807) is 0 Å². The molecule has 1 aromatic rings. The van der Waals surface area contributed by atoms with Gasteiger partial charge in [0.25, 0.3) is 0 Å². The number of ether oxygens (including phenoxy) is 1. The number of benzene rings is 1. The molecular formula is C14H22N2O2. The average Bonchev–Trinajstić information content (AvgIpc) is 2.32. The van der Waals surface area contributed by atoms with Crippen LogP contribution in [0.25, 0.3) is 0 Å². The lowest BCUT2D eigenvalue weighted by Gasteiger charge is -2.11. The van der Waals surface area contributed by atoms with E-state index in [4.69, 9.17) is 10.5 Å². The van der Waals surface area contributed by atoms with Crippen LogP contribution < -0.4 is 15.8 Å².